The normalized spacial score (nSPS) is 12.8. The zero-order valence-electron chi connectivity index (χ0n) is 19.1. The summed E-state index contributed by atoms with van der Waals surface area (Å²) in [6, 6.07) is 24.5. The second-order valence-corrected chi connectivity index (χ2v) is 8.31. The Balaban J connectivity index is 1.56. The van der Waals surface area contributed by atoms with Crippen molar-refractivity contribution in [3.8, 4) is 0 Å². The molecule has 0 aliphatic heterocycles. The molecule has 0 bridgehead atoms. The molecule has 0 aliphatic rings. The Morgan fingerprint density at radius 3 is 2.36 bits per heavy atom. The highest BCUT2D eigenvalue weighted by Gasteiger charge is 2.21. The minimum absolute atomic E-state index is 0.109. The molecule has 168 valence electrons. The number of imidazole rings is 1. The average Bonchev–Trinajstić information content (AvgIpc) is 3.18. The Labute approximate surface area is 193 Å². The lowest BCUT2D eigenvalue weighted by Gasteiger charge is -2.18. The van der Waals surface area contributed by atoms with Gasteiger partial charge in [0.1, 0.15) is 12.4 Å². The molecule has 0 fully saturated rings. The molecule has 33 heavy (non-hydrogen) atoms. The van der Waals surface area contributed by atoms with Crippen LogP contribution in [-0.2, 0) is 11.3 Å². The van der Waals surface area contributed by atoms with Gasteiger partial charge in [-0.15, -0.1) is 0 Å². The molecule has 2 N–H and O–H groups in total. The lowest BCUT2D eigenvalue weighted by molar-refractivity contribution is -0.122. The van der Waals surface area contributed by atoms with Crippen LogP contribution in [0, 0.1) is 6.92 Å². The Hall–Kier alpha value is -3.93. The van der Waals surface area contributed by atoms with Crippen LogP contribution in [0.25, 0.3) is 11.0 Å². The molecule has 0 saturated heterocycles. The summed E-state index contributed by atoms with van der Waals surface area (Å²) >= 11 is 0. The zero-order chi connectivity index (χ0) is 23.4. The molecule has 0 saturated carbocycles. The van der Waals surface area contributed by atoms with Gasteiger partial charge in [0.25, 0.3) is 5.91 Å². The maximum Gasteiger partial charge on any atom is 0.251 e. The Kier molecular flexibility index (Phi) is 6.54. The predicted molar refractivity (Wildman–Crippen MR) is 130 cm³/mol. The molecule has 6 nitrogen and oxygen atoms in total. The van der Waals surface area contributed by atoms with E-state index in [-0.39, 0.29) is 30.4 Å². The molecule has 6 heteroatoms. The van der Waals surface area contributed by atoms with Crippen molar-refractivity contribution in [3.63, 3.8) is 0 Å². The van der Waals surface area contributed by atoms with E-state index in [1.807, 2.05) is 98.1 Å². The molecular formula is C27H28N4O2. The van der Waals surface area contributed by atoms with Gasteiger partial charge in [0.2, 0.25) is 5.91 Å². The van der Waals surface area contributed by atoms with Gasteiger partial charge in [-0.3, -0.25) is 9.59 Å². The van der Waals surface area contributed by atoms with Crippen molar-refractivity contribution < 1.29 is 9.59 Å². The minimum atomic E-state index is -0.384. The summed E-state index contributed by atoms with van der Waals surface area (Å²) in [6.07, 6.45) is 0. The standard InChI is InChI=1S/C27H28N4O2/c1-18-10-9-13-22(16-18)27(33)29-20(3)26-30-23-14-7-8-15-24(23)31(26)17-25(32)28-19(2)21-11-5-4-6-12-21/h4-16,19-20H,17H2,1-3H3,(H,28,32)(H,29,33). The van der Waals surface area contributed by atoms with E-state index in [2.05, 4.69) is 10.6 Å². The fourth-order valence-electron chi connectivity index (χ4n) is 3.98. The van der Waals surface area contributed by atoms with Crippen LogP contribution >= 0.6 is 0 Å². The van der Waals surface area contributed by atoms with E-state index in [1.165, 1.54) is 0 Å². The fraction of sp³-hybridized carbons (Fsp3) is 0.222. The molecule has 4 aromatic rings. The van der Waals surface area contributed by atoms with Crippen molar-refractivity contribution in [1.82, 2.24) is 20.2 Å². The molecule has 1 aromatic heterocycles. The van der Waals surface area contributed by atoms with Crippen LogP contribution in [0.2, 0.25) is 0 Å². The van der Waals surface area contributed by atoms with Gasteiger partial charge >= 0.3 is 0 Å². The average molecular weight is 441 g/mol. The number of fused-ring (bicyclic) bond motifs is 1. The second-order valence-electron chi connectivity index (χ2n) is 8.31. The number of aromatic nitrogens is 2. The molecule has 0 radical (unpaired) electrons. The van der Waals surface area contributed by atoms with Crippen LogP contribution < -0.4 is 10.6 Å². The molecular weight excluding hydrogens is 412 g/mol. The fourth-order valence-corrected chi connectivity index (χ4v) is 3.98. The number of benzene rings is 3. The third-order valence-corrected chi connectivity index (χ3v) is 5.68. The monoisotopic (exact) mass is 440 g/mol. The van der Waals surface area contributed by atoms with Crippen molar-refractivity contribution in [2.75, 3.05) is 0 Å². The summed E-state index contributed by atoms with van der Waals surface area (Å²) in [7, 11) is 0. The third-order valence-electron chi connectivity index (χ3n) is 5.68. The number of carbonyl (C=O) groups is 2. The highest BCUT2D eigenvalue weighted by atomic mass is 16.2. The number of para-hydroxylation sites is 2. The van der Waals surface area contributed by atoms with Gasteiger partial charge in [0, 0.05) is 5.56 Å². The number of nitrogens with zero attached hydrogens (tertiary/aromatic N) is 2. The number of carbonyl (C=O) groups excluding carboxylic acids is 2. The predicted octanol–water partition coefficient (Wildman–Crippen LogP) is 4.71. The lowest BCUT2D eigenvalue weighted by atomic mass is 10.1. The molecule has 2 amide bonds. The number of amides is 2. The topological polar surface area (TPSA) is 76.0 Å². The van der Waals surface area contributed by atoms with E-state index in [9.17, 15) is 9.59 Å². The summed E-state index contributed by atoms with van der Waals surface area (Å²) in [4.78, 5) is 30.5. The quantitative estimate of drug-likeness (QED) is 0.437. The molecule has 2 unspecified atom stereocenters. The van der Waals surface area contributed by atoms with Gasteiger partial charge in [-0.2, -0.15) is 0 Å². The highest BCUT2D eigenvalue weighted by molar-refractivity contribution is 5.94. The molecule has 0 aliphatic carbocycles. The number of aryl methyl sites for hydroxylation is 1. The van der Waals surface area contributed by atoms with Crippen LogP contribution in [0.1, 0.15) is 53.2 Å². The molecule has 3 aromatic carbocycles. The first-order valence-corrected chi connectivity index (χ1v) is 11.1. The molecule has 2 atom stereocenters. The zero-order valence-corrected chi connectivity index (χ0v) is 19.1. The van der Waals surface area contributed by atoms with Crippen LogP contribution in [0.5, 0.6) is 0 Å². The van der Waals surface area contributed by atoms with Gasteiger partial charge in [0.15, 0.2) is 0 Å². The van der Waals surface area contributed by atoms with E-state index < -0.39 is 0 Å². The Morgan fingerprint density at radius 2 is 1.61 bits per heavy atom. The lowest BCUT2D eigenvalue weighted by Crippen LogP contribution is -2.33. The molecule has 0 spiro atoms. The van der Waals surface area contributed by atoms with Crippen LogP contribution in [-0.4, -0.2) is 21.4 Å². The van der Waals surface area contributed by atoms with Gasteiger partial charge < -0.3 is 15.2 Å². The van der Waals surface area contributed by atoms with Crippen LogP contribution in [0.3, 0.4) is 0 Å². The maximum atomic E-state index is 12.9. The largest absolute Gasteiger partial charge is 0.348 e. The van der Waals surface area contributed by atoms with Crippen molar-refractivity contribution >= 4 is 22.8 Å². The van der Waals surface area contributed by atoms with E-state index in [0.717, 1.165) is 22.2 Å². The number of nitrogens with one attached hydrogen (secondary N) is 2. The summed E-state index contributed by atoms with van der Waals surface area (Å²) in [5, 5.41) is 6.09. The Bertz CT molecular complexity index is 1280. The molecule has 1 heterocycles. The van der Waals surface area contributed by atoms with Crippen molar-refractivity contribution in [2.45, 2.75) is 39.4 Å². The van der Waals surface area contributed by atoms with E-state index in [4.69, 9.17) is 4.98 Å². The van der Waals surface area contributed by atoms with Gasteiger partial charge in [-0.05, 0) is 50.6 Å². The smallest absolute Gasteiger partial charge is 0.251 e. The number of hydrogen-bond acceptors (Lipinski definition) is 3. The second kappa shape index (κ2) is 9.69. The van der Waals surface area contributed by atoms with Gasteiger partial charge in [-0.1, -0.05) is 60.2 Å². The van der Waals surface area contributed by atoms with E-state index in [1.54, 1.807) is 6.07 Å². The summed E-state index contributed by atoms with van der Waals surface area (Å²) < 4.78 is 1.88. The van der Waals surface area contributed by atoms with Crippen molar-refractivity contribution in [3.05, 3.63) is 101 Å². The third kappa shape index (κ3) is 5.12. The van der Waals surface area contributed by atoms with Crippen molar-refractivity contribution in [2.24, 2.45) is 0 Å². The first-order valence-electron chi connectivity index (χ1n) is 11.1. The first kappa shape index (κ1) is 22.3. The number of rotatable bonds is 7. The van der Waals surface area contributed by atoms with Crippen LogP contribution in [0.15, 0.2) is 78.9 Å². The van der Waals surface area contributed by atoms with Gasteiger partial charge in [0.05, 0.1) is 23.1 Å². The molecule has 4 rings (SSSR count). The highest BCUT2D eigenvalue weighted by Crippen LogP contribution is 2.22. The summed E-state index contributed by atoms with van der Waals surface area (Å²) in [5.41, 5.74) is 4.30. The van der Waals surface area contributed by atoms with E-state index in [0.29, 0.717) is 11.4 Å². The SMILES string of the molecule is Cc1cccc(C(=O)NC(C)c2nc3ccccc3n2CC(=O)NC(C)c2ccccc2)c1. The summed E-state index contributed by atoms with van der Waals surface area (Å²) in [5.74, 6) is 0.347. The minimum Gasteiger partial charge on any atom is -0.348 e. The van der Waals surface area contributed by atoms with Crippen molar-refractivity contribution in [1.29, 1.82) is 0 Å². The van der Waals surface area contributed by atoms with E-state index >= 15 is 0 Å². The van der Waals surface area contributed by atoms with Crippen LogP contribution in [0.4, 0.5) is 0 Å². The Morgan fingerprint density at radius 1 is 0.879 bits per heavy atom. The summed E-state index contributed by atoms with van der Waals surface area (Å²) in [6.45, 7) is 5.91. The number of hydrogen-bond donors (Lipinski definition) is 2. The first-order chi connectivity index (χ1) is 15.9. The van der Waals surface area contributed by atoms with Gasteiger partial charge in [-0.25, -0.2) is 4.98 Å². The maximum absolute atomic E-state index is 12.9.